The Morgan fingerprint density at radius 3 is 2.50 bits per heavy atom. The van der Waals surface area contributed by atoms with E-state index in [1.807, 2.05) is 13.2 Å². The Labute approximate surface area is 109 Å². The maximum Gasteiger partial charge on any atom is 0.128 e. The predicted octanol–water partition coefficient (Wildman–Crippen LogP) is 1.98. The molecule has 2 heterocycles. The minimum atomic E-state index is 0.270. The van der Waals surface area contributed by atoms with Crippen molar-refractivity contribution in [1.29, 1.82) is 0 Å². The van der Waals surface area contributed by atoms with Crippen LogP contribution in [-0.2, 0) is 4.74 Å². The van der Waals surface area contributed by atoms with E-state index < -0.39 is 0 Å². The smallest absolute Gasteiger partial charge is 0.128 e. The molecule has 0 amide bonds. The van der Waals surface area contributed by atoms with Crippen LogP contribution in [0.4, 0.5) is 5.82 Å². The van der Waals surface area contributed by atoms with E-state index in [0.717, 1.165) is 18.9 Å². The number of ether oxygens (including phenoxy) is 1. The van der Waals surface area contributed by atoms with E-state index >= 15 is 0 Å². The van der Waals surface area contributed by atoms with Crippen molar-refractivity contribution in [1.82, 2.24) is 10.3 Å². The second kappa shape index (κ2) is 5.67. The Balaban J connectivity index is 2.09. The van der Waals surface area contributed by atoms with Gasteiger partial charge in [-0.3, -0.25) is 0 Å². The van der Waals surface area contributed by atoms with Crippen LogP contribution in [0.25, 0.3) is 0 Å². The summed E-state index contributed by atoms with van der Waals surface area (Å²) in [5.41, 5.74) is 1.22. The standard InChI is InChI=1S/C14H23N3O/c1-10-8-17(9-11(2)18-10)14-6-5-13(7-16-14)12(3)15-4/h5-7,10-12,15H,8-9H2,1-4H3/t10-,11?,12?/m0/s1. The van der Waals surface area contributed by atoms with E-state index in [4.69, 9.17) is 4.74 Å². The molecule has 4 nitrogen and oxygen atoms in total. The lowest BCUT2D eigenvalue weighted by molar-refractivity contribution is -0.00545. The van der Waals surface area contributed by atoms with Crippen LogP contribution in [-0.4, -0.2) is 37.3 Å². The summed E-state index contributed by atoms with van der Waals surface area (Å²) >= 11 is 0. The largest absolute Gasteiger partial charge is 0.372 e. The molecule has 0 aliphatic carbocycles. The second-order valence-corrected chi connectivity index (χ2v) is 5.12. The molecule has 1 N–H and O–H groups in total. The van der Waals surface area contributed by atoms with Crippen LogP contribution in [0.2, 0.25) is 0 Å². The first-order chi connectivity index (χ1) is 8.60. The van der Waals surface area contributed by atoms with Gasteiger partial charge in [-0.2, -0.15) is 0 Å². The number of nitrogens with zero attached hydrogens (tertiary/aromatic N) is 2. The molecular weight excluding hydrogens is 226 g/mol. The first-order valence-electron chi connectivity index (χ1n) is 6.63. The highest BCUT2D eigenvalue weighted by Crippen LogP contribution is 2.20. The van der Waals surface area contributed by atoms with Crippen molar-refractivity contribution < 1.29 is 4.74 Å². The van der Waals surface area contributed by atoms with Gasteiger partial charge in [-0.05, 0) is 39.4 Å². The third-order valence-corrected chi connectivity index (χ3v) is 3.45. The maximum absolute atomic E-state index is 5.74. The highest BCUT2D eigenvalue weighted by Gasteiger charge is 2.23. The average Bonchev–Trinajstić information content (AvgIpc) is 2.37. The van der Waals surface area contributed by atoms with E-state index in [-0.39, 0.29) is 12.2 Å². The summed E-state index contributed by atoms with van der Waals surface area (Å²) in [7, 11) is 1.96. The Morgan fingerprint density at radius 1 is 1.33 bits per heavy atom. The zero-order valence-corrected chi connectivity index (χ0v) is 11.7. The monoisotopic (exact) mass is 249 g/mol. The average molecular weight is 249 g/mol. The number of hydrogen-bond acceptors (Lipinski definition) is 4. The van der Waals surface area contributed by atoms with Crippen LogP contribution < -0.4 is 10.2 Å². The van der Waals surface area contributed by atoms with Gasteiger partial charge in [-0.25, -0.2) is 4.98 Å². The molecule has 0 saturated carbocycles. The van der Waals surface area contributed by atoms with Crippen molar-refractivity contribution in [3.05, 3.63) is 23.9 Å². The fraction of sp³-hybridized carbons (Fsp3) is 0.643. The number of morpholine rings is 1. The summed E-state index contributed by atoms with van der Waals surface area (Å²) in [6.45, 7) is 8.19. The number of anilines is 1. The van der Waals surface area contributed by atoms with Gasteiger partial charge in [-0.1, -0.05) is 6.07 Å². The summed E-state index contributed by atoms with van der Waals surface area (Å²) in [6, 6.07) is 4.59. The molecule has 1 fully saturated rings. The third-order valence-electron chi connectivity index (χ3n) is 3.45. The van der Waals surface area contributed by atoms with Gasteiger partial charge in [0.25, 0.3) is 0 Å². The lowest BCUT2D eigenvalue weighted by atomic mass is 10.1. The first kappa shape index (κ1) is 13.3. The number of aromatic nitrogens is 1. The molecule has 1 aliphatic rings. The minimum Gasteiger partial charge on any atom is -0.372 e. The normalized spacial score (nSPS) is 26.1. The first-order valence-corrected chi connectivity index (χ1v) is 6.63. The Kier molecular flexibility index (Phi) is 4.19. The number of hydrogen-bond donors (Lipinski definition) is 1. The molecule has 1 aromatic heterocycles. The van der Waals surface area contributed by atoms with Gasteiger partial charge in [0.05, 0.1) is 12.2 Å². The van der Waals surface area contributed by atoms with E-state index in [1.165, 1.54) is 5.56 Å². The van der Waals surface area contributed by atoms with Crippen molar-refractivity contribution in [2.75, 3.05) is 25.0 Å². The van der Waals surface area contributed by atoms with E-state index in [9.17, 15) is 0 Å². The Bertz CT molecular complexity index is 369. The molecule has 2 unspecified atom stereocenters. The molecule has 2 rings (SSSR count). The summed E-state index contributed by atoms with van der Waals surface area (Å²) in [4.78, 5) is 6.87. The number of pyridine rings is 1. The van der Waals surface area contributed by atoms with Crippen LogP contribution in [0.1, 0.15) is 32.4 Å². The fourth-order valence-electron chi connectivity index (χ4n) is 2.37. The van der Waals surface area contributed by atoms with Crippen molar-refractivity contribution in [3.63, 3.8) is 0 Å². The lowest BCUT2D eigenvalue weighted by Crippen LogP contribution is -2.45. The van der Waals surface area contributed by atoms with Gasteiger partial charge in [0.15, 0.2) is 0 Å². The Morgan fingerprint density at radius 2 is 2.00 bits per heavy atom. The minimum absolute atomic E-state index is 0.270. The zero-order valence-electron chi connectivity index (χ0n) is 11.7. The molecule has 4 heteroatoms. The van der Waals surface area contributed by atoms with Gasteiger partial charge < -0.3 is 15.0 Å². The van der Waals surface area contributed by atoms with Gasteiger partial charge >= 0.3 is 0 Å². The van der Waals surface area contributed by atoms with Gasteiger partial charge in [0.2, 0.25) is 0 Å². The molecule has 1 saturated heterocycles. The molecule has 18 heavy (non-hydrogen) atoms. The van der Waals surface area contributed by atoms with Crippen molar-refractivity contribution in [2.45, 2.75) is 39.0 Å². The summed E-state index contributed by atoms with van der Waals surface area (Å²) < 4.78 is 5.74. The van der Waals surface area contributed by atoms with E-state index in [2.05, 4.69) is 48.1 Å². The number of nitrogens with one attached hydrogen (secondary N) is 1. The molecule has 0 aromatic carbocycles. The zero-order chi connectivity index (χ0) is 13.1. The molecule has 1 aliphatic heterocycles. The number of rotatable bonds is 3. The second-order valence-electron chi connectivity index (χ2n) is 5.12. The third kappa shape index (κ3) is 3.00. The van der Waals surface area contributed by atoms with Crippen molar-refractivity contribution in [3.8, 4) is 0 Å². The molecule has 3 atom stereocenters. The highest BCUT2D eigenvalue weighted by atomic mass is 16.5. The van der Waals surface area contributed by atoms with Gasteiger partial charge in [0.1, 0.15) is 5.82 Å². The maximum atomic E-state index is 5.74. The lowest BCUT2D eigenvalue weighted by Gasteiger charge is -2.36. The molecule has 0 radical (unpaired) electrons. The molecule has 1 aromatic rings. The summed E-state index contributed by atoms with van der Waals surface area (Å²) in [5.74, 6) is 1.05. The molecule has 0 spiro atoms. The fourth-order valence-corrected chi connectivity index (χ4v) is 2.37. The topological polar surface area (TPSA) is 37.4 Å². The Hall–Kier alpha value is -1.13. The van der Waals surface area contributed by atoms with Gasteiger partial charge in [-0.15, -0.1) is 0 Å². The van der Waals surface area contributed by atoms with Crippen LogP contribution in [0, 0.1) is 0 Å². The summed E-state index contributed by atoms with van der Waals surface area (Å²) in [5, 5.41) is 3.22. The van der Waals surface area contributed by atoms with Gasteiger partial charge in [0, 0.05) is 25.3 Å². The summed E-state index contributed by atoms with van der Waals surface area (Å²) in [6.07, 6.45) is 2.50. The highest BCUT2D eigenvalue weighted by molar-refractivity contribution is 5.40. The van der Waals surface area contributed by atoms with E-state index in [0.29, 0.717) is 6.04 Å². The molecular formula is C14H23N3O. The van der Waals surface area contributed by atoms with Crippen LogP contribution in [0.15, 0.2) is 18.3 Å². The SMILES string of the molecule is CNC(C)c1ccc(N2CC(C)O[C@@H](C)C2)nc1. The quantitative estimate of drug-likeness (QED) is 0.889. The van der Waals surface area contributed by atoms with Crippen LogP contribution >= 0.6 is 0 Å². The van der Waals surface area contributed by atoms with Crippen LogP contribution in [0.3, 0.4) is 0 Å². The van der Waals surface area contributed by atoms with E-state index in [1.54, 1.807) is 0 Å². The van der Waals surface area contributed by atoms with Crippen LogP contribution in [0.5, 0.6) is 0 Å². The molecule has 100 valence electrons. The predicted molar refractivity (Wildman–Crippen MR) is 73.9 cm³/mol. The van der Waals surface area contributed by atoms with Crippen molar-refractivity contribution >= 4 is 5.82 Å². The van der Waals surface area contributed by atoms with Crippen molar-refractivity contribution in [2.24, 2.45) is 0 Å². The molecule has 0 bridgehead atoms.